The van der Waals surface area contributed by atoms with E-state index in [1.54, 1.807) is 13.8 Å². The van der Waals surface area contributed by atoms with Gasteiger partial charge in [-0.05, 0) is 44.4 Å². The maximum absolute atomic E-state index is 13.6. The van der Waals surface area contributed by atoms with Crippen molar-refractivity contribution >= 4 is 10.0 Å². The van der Waals surface area contributed by atoms with E-state index in [-0.39, 0.29) is 4.90 Å². The number of aromatic nitrogens is 3. The molecule has 1 aliphatic heterocycles. The van der Waals surface area contributed by atoms with Crippen LogP contribution in [-0.4, -0.2) is 34.4 Å². The Morgan fingerprint density at radius 2 is 2.09 bits per heavy atom. The van der Waals surface area contributed by atoms with E-state index in [1.807, 2.05) is 0 Å². The number of aromatic amines is 1. The summed E-state index contributed by atoms with van der Waals surface area (Å²) in [5.41, 5.74) is 0.530. The number of hydrogen-bond donors (Lipinski definition) is 1. The van der Waals surface area contributed by atoms with Crippen LogP contribution in [0.3, 0.4) is 0 Å². The predicted molar refractivity (Wildman–Crippen MR) is 82.7 cm³/mol. The molecule has 0 aliphatic carbocycles. The Morgan fingerprint density at radius 3 is 2.78 bits per heavy atom. The summed E-state index contributed by atoms with van der Waals surface area (Å²) in [5, 5.41) is 6.88. The topological polar surface area (TPSA) is 79.0 Å². The molecule has 1 aromatic carbocycles. The Balaban J connectivity index is 2.04. The molecule has 23 heavy (non-hydrogen) atoms. The van der Waals surface area contributed by atoms with Crippen LogP contribution in [0.25, 0.3) is 0 Å². The number of hydrogen-bond acceptors (Lipinski definition) is 4. The summed E-state index contributed by atoms with van der Waals surface area (Å²) in [6.07, 6.45) is 2.34. The lowest BCUT2D eigenvalue weighted by Crippen LogP contribution is -2.39. The Labute approximate surface area is 134 Å². The lowest BCUT2D eigenvalue weighted by molar-refractivity contribution is 0.246. The monoisotopic (exact) mass is 338 g/mol. The zero-order valence-electron chi connectivity index (χ0n) is 13.1. The first-order chi connectivity index (χ1) is 10.9. The van der Waals surface area contributed by atoms with E-state index in [2.05, 4.69) is 15.2 Å². The molecule has 2 aromatic rings. The molecule has 0 bridgehead atoms. The maximum Gasteiger partial charge on any atom is 0.244 e. The van der Waals surface area contributed by atoms with Gasteiger partial charge in [0.25, 0.3) is 0 Å². The van der Waals surface area contributed by atoms with Gasteiger partial charge in [0.15, 0.2) is 5.82 Å². The Morgan fingerprint density at radius 1 is 1.30 bits per heavy atom. The van der Waals surface area contributed by atoms with E-state index in [4.69, 9.17) is 0 Å². The van der Waals surface area contributed by atoms with Crippen LogP contribution in [-0.2, 0) is 10.0 Å². The molecular weight excluding hydrogens is 319 g/mol. The van der Waals surface area contributed by atoms with Crippen molar-refractivity contribution in [2.75, 3.05) is 6.54 Å². The van der Waals surface area contributed by atoms with E-state index >= 15 is 0 Å². The largest absolute Gasteiger partial charge is 0.263 e. The van der Waals surface area contributed by atoms with Crippen LogP contribution in [0.15, 0.2) is 23.1 Å². The quantitative estimate of drug-likeness (QED) is 0.932. The fraction of sp³-hybridized carbons (Fsp3) is 0.467. The minimum atomic E-state index is -3.80. The molecule has 0 radical (unpaired) electrons. The minimum absolute atomic E-state index is 0.0108. The van der Waals surface area contributed by atoms with Crippen LogP contribution in [0, 0.1) is 19.7 Å². The van der Waals surface area contributed by atoms with Crippen LogP contribution in [0.2, 0.25) is 0 Å². The number of sulfonamides is 1. The molecule has 1 aliphatic rings. The minimum Gasteiger partial charge on any atom is -0.263 e. The molecular formula is C15H19FN4O2S. The van der Waals surface area contributed by atoms with Gasteiger partial charge in [0.2, 0.25) is 10.0 Å². The van der Waals surface area contributed by atoms with E-state index in [1.165, 1.54) is 16.4 Å². The fourth-order valence-electron chi connectivity index (χ4n) is 2.94. The van der Waals surface area contributed by atoms with Crippen LogP contribution in [0.1, 0.15) is 42.5 Å². The average Bonchev–Trinajstić information content (AvgIpc) is 2.96. The second-order valence-corrected chi connectivity index (χ2v) is 7.68. The molecule has 124 valence electrons. The van der Waals surface area contributed by atoms with Gasteiger partial charge in [0.05, 0.1) is 10.9 Å². The highest BCUT2D eigenvalue weighted by molar-refractivity contribution is 7.89. The molecule has 0 unspecified atom stereocenters. The van der Waals surface area contributed by atoms with Crippen LogP contribution < -0.4 is 0 Å². The number of nitrogens with zero attached hydrogens (tertiary/aromatic N) is 3. The predicted octanol–water partition coefficient (Wildman–Crippen LogP) is 2.48. The van der Waals surface area contributed by atoms with Crippen LogP contribution in [0.5, 0.6) is 0 Å². The summed E-state index contributed by atoms with van der Waals surface area (Å²) in [7, 11) is -3.80. The summed E-state index contributed by atoms with van der Waals surface area (Å²) in [6.45, 7) is 3.83. The average molecular weight is 338 g/mol. The summed E-state index contributed by atoms with van der Waals surface area (Å²) < 4.78 is 41.0. The standard InChI is InChI=1S/C15H19FN4O2S/c1-10-6-7-12(16)9-14(10)23(21,22)20-8-4-3-5-13(20)15-17-11(2)18-19-15/h6-7,9,13H,3-5,8H2,1-2H3,(H,17,18,19)/t13-/m0/s1. The Kier molecular flexibility index (Phi) is 4.20. The number of halogens is 1. The lowest BCUT2D eigenvalue weighted by atomic mass is 10.0. The number of H-pyrrole nitrogens is 1. The maximum atomic E-state index is 13.6. The van der Waals surface area contributed by atoms with Crippen LogP contribution >= 0.6 is 0 Å². The molecule has 1 fully saturated rings. The third-order valence-corrected chi connectivity index (χ3v) is 6.15. The second kappa shape index (κ2) is 6.01. The molecule has 0 saturated carbocycles. The molecule has 1 N–H and O–H groups in total. The van der Waals surface area contributed by atoms with Gasteiger partial charge in [-0.15, -0.1) is 0 Å². The van der Waals surface area contributed by atoms with Crippen molar-refractivity contribution in [2.24, 2.45) is 0 Å². The van der Waals surface area contributed by atoms with Crippen LogP contribution in [0.4, 0.5) is 4.39 Å². The molecule has 1 saturated heterocycles. The van der Waals surface area contributed by atoms with E-state index in [0.717, 1.165) is 18.9 Å². The molecule has 8 heteroatoms. The molecule has 3 rings (SSSR count). The van der Waals surface area contributed by atoms with Crippen molar-refractivity contribution in [3.05, 3.63) is 41.2 Å². The highest BCUT2D eigenvalue weighted by Gasteiger charge is 2.37. The lowest BCUT2D eigenvalue weighted by Gasteiger charge is -2.33. The molecule has 1 atom stereocenters. The van der Waals surface area contributed by atoms with Crippen molar-refractivity contribution in [3.8, 4) is 0 Å². The van der Waals surface area contributed by atoms with Gasteiger partial charge >= 0.3 is 0 Å². The molecule has 1 aromatic heterocycles. The highest BCUT2D eigenvalue weighted by Crippen LogP contribution is 2.34. The summed E-state index contributed by atoms with van der Waals surface area (Å²) in [5.74, 6) is 0.557. The van der Waals surface area contributed by atoms with Gasteiger partial charge in [-0.25, -0.2) is 17.8 Å². The zero-order valence-corrected chi connectivity index (χ0v) is 13.9. The smallest absolute Gasteiger partial charge is 0.244 e. The normalized spacial score (nSPS) is 19.9. The SMILES string of the molecule is Cc1nc([C@@H]2CCCCN2S(=O)(=O)c2cc(F)ccc2C)n[nH]1. The Bertz CT molecular complexity index is 819. The zero-order chi connectivity index (χ0) is 16.6. The fourth-order valence-corrected chi connectivity index (χ4v) is 4.83. The third kappa shape index (κ3) is 3.00. The molecule has 2 heterocycles. The second-order valence-electron chi connectivity index (χ2n) is 5.82. The first-order valence-corrected chi connectivity index (χ1v) is 9.00. The van der Waals surface area contributed by atoms with Gasteiger partial charge in [-0.3, -0.25) is 5.10 Å². The van der Waals surface area contributed by atoms with E-state index in [0.29, 0.717) is 30.2 Å². The molecule has 0 spiro atoms. The molecule has 6 nitrogen and oxygen atoms in total. The first kappa shape index (κ1) is 16.1. The first-order valence-electron chi connectivity index (χ1n) is 7.56. The Hall–Kier alpha value is -1.80. The van der Waals surface area contributed by atoms with Crippen molar-refractivity contribution in [2.45, 2.75) is 44.0 Å². The van der Waals surface area contributed by atoms with E-state index in [9.17, 15) is 12.8 Å². The highest BCUT2D eigenvalue weighted by atomic mass is 32.2. The summed E-state index contributed by atoms with van der Waals surface area (Å²) >= 11 is 0. The summed E-state index contributed by atoms with van der Waals surface area (Å²) in [4.78, 5) is 4.30. The van der Waals surface area contributed by atoms with Gasteiger partial charge in [0, 0.05) is 6.54 Å². The third-order valence-electron chi connectivity index (χ3n) is 4.10. The van der Waals surface area contributed by atoms with E-state index < -0.39 is 21.9 Å². The number of aryl methyl sites for hydroxylation is 2. The molecule has 0 amide bonds. The van der Waals surface area contributed by atoms with Gasteiger partial charge in [0.1, 0.15) is 11.6 Å². The van der Waals surface area contributed by atoms with Gasteiger partial charge in [-0.1, -0.05) is 12.5 Å². The number of nitrogens with one attached hydrogen (secondary N) is 1. The van der Waals surface area contributed by atoms with Gasteiger partial charge in [-0.2, -0.15) is 9.40 Å². The number of rotatable bonds is 3. The van der Waals surface area contributed by atoms with Crippen molar-refractivity contribution in [3.63, 3.8) is 0 Å². The van der Waals surface area contributed by atoms with Crippen molar-refractivity contribution < 1.29 is 12.8 Å². The van der Waals surface area contributed by atoms with Crippen molar-refractivity contribution in [1.29, 1.82) is 0 Å². The number of benzene rings is 1. The summed E-state index contributed by atoms with van der Waals surface area (Å²) in [6, 6.07) is 3.42. The number of piperidine rings is 1. The van der Waals surface area contributed by atoms with Gasteiger partial charge < -0.3 is 0 Å². The van der Waals surface area contributed by atoms with Crippen molar-refractivity contribution in [1.82, 2.24) is 19.5 Å².